The maximum atomic E-state index is 6.51. The van der Waals surface area contributed by atoms with Gasteiger partial charge in [-0.05, 0) is 53.0 Å². The molecule has 0 spiro atoms. The van der Waals surface area contributed by atoms with Crippen molar-refractivity contribution in [3.63, 3.8) is 0 Å². The van der Waals surface area contributed by atoms with Crippen LogP contribution in [0.1, 0.15) is 35.6 Å². The second-order valence-corrected chi connectivity index (χ2v) is 6.23. The van der Waals surface area contributed by atoms with Crippen molar-refractivity contribution in [3.8, 4) is 11.1 Å². The zero-order chi connectivity index (χ0) is 14.2. The second kappa shape index (κ2) is 6.41. The van der Waals surface area contributed by atoms with Crippen LogP contribution in [-0.2, 0) is 11.2 Å². The summed E-state index contributed by atoms with van der Waals surface area (Å²) in [5.74, 6) is 0.556. The highest BCUT2D eigenvalue weighted by Gasteiger charge is 2.24. The summed E-state index contributed by atoms with van der Waals surface area (Å²) in [6.07, 6.45) is 3.21. The van der Waals surface area contributed by atoms with Crippen LogP contribution in [0.2, 0.25) is 0 Å². The Labute approximate surface area is 138 Å². The predicted molar refractivity (Wildman–Crippen MR) is 92.4 cm³/mol. The molecule has 1 aliphatic carbocycles. The van der Waals surface area contributed by atoms with E-state index in [0.29, 0.717) is 5.92 Å². The summed E-state index contributed by atoms with van der Waals surface area (Å²) in [7, 11) is 0. The SMILES string of the molecule is Cl.N[C@H](c1ccc2c(c1)Cc1ccccc1-2)C1CCOCC1. The van der Waals surface area contributed by atoms with Crippen LogP contribution < -0.4 is 5.73 Å². The number of ether oxygens (including phenoxy) is 1. The smallest absolute Gasteiger partial charge is 0.0469 e. The Morgan fingerprint density at radius 2 is 1.68 bits per heavy atom. The average Bonchev–Trinajstić information content (AvgIpc) is 2.92. The van der Waals surface area contributed by atoms with Crippen LogP contribution in [0.15, 0.2) is 42.5 Å². The van der Waals surface area contributed by atoms with Crippen LogP contribution in [-0.4, -0.2) is 13.2 Å². The molecule has 1 aliphatic heterocycles. The zero-order valence-corrected chi connectivity index (χ0v) is 13.4. The molecule has 2 aromatic rings. The standard InChI is InChI=1S/C19H21NO.ClH/c20-19(13-7-9-21-10-8-13)15-5-6-18-16(12-15)11-14-3-1-2-4-17(14)18;/h1-6,12-13,19H,7-11,20H2;1H/t19-;/m0./s1. The van der Waals surface area contributed by atoms with E-state index < -0.39 is 0 Å². The number of benzene rings is 2. The van der Waals surface area contributed by atoms with Crippen LogP contribution in [0.5, 0.6) is 0 Å². The minimum Gasteiger partial charge on any atom is -0.381 e. The first-order valence-corrected chi connectivity index (χ1v) is 7.87. The summed E-state index contributed by atoms with van der Waals surface area (Å²) < 4.78 is 5.45. The molecule has 2 aromatic carbocycles. The summed E-state index contributed by atoms with van der Waals surface area (Å²) in [5.41, 5.74) is 13.4. The zero-order valence-electron chi connectivity index (χ0n) is 12.6. The van der Waals surface area contributed by atoms with Gasteiger partial charge in [-0.3, -0.25) is 0 Å². The van der Waals surface area contributed by atoms with Gasteiger partial charge in [0.25, 0.3) is 0 Å². The van der Waals surface area contributed by atoms with Crippen molar-refractivity contribution >= 4 is 12.4 Å². The Kier molecular flexibility index (Phi) is 4.53. The molecule has 0 unspecified atom stereocenters. The molecular formula is C19H22ClNO. The van der Waals surface area contributed by atoms with Gasteiger partial charge in [0.1, 0.15) is 0 Å². The number of hydrogen-bond acceptors (Lipinski definition) is 2. The number of hydrogen-bond donors (Lipinski definition) is 1. The average molecular weight is 316 g/mol. The van der Waals surface area contributed by atoms with E-state index in [1.165, 1.54) is 27.8 Å². The van der Waals surface area contributed by atoms with Crippen molar-refractivity contribution in [2.45, 2.75) is 25.3 Å². The van der Waals surface area contributed by atoms with Crippen LogP contribution in [0.25, 0.3) is 11.1 Å². The largest absolute Gasteiger partial charge is 0.381 e. The fourth-order valence-electron chi connectivity index (χ4n) is 3.72. The molecule has 3 heteroatoms. The Balaban J connectivity index is 0.00000144. The first kappa shape index (κ1) is 15.5. The molecule has 4 rings (SSSR count). The third kappa shape index (κ3) is 2.67. The van der Waals surface area contributed by atoms with E-state index in [0.717, 1.165) is 32.5 Å². The molecule has 116 valence electrons. The lowest BCUT2D eigenvalue weighted by Gasteiger charge is -2.28. The molecule has 1 atom stereocenters. The van der Waals surface area contributed by atoms with Crippen molar-refractivity contribution in [3.05, 3.63) is 59.2 Å². The Morgan fingerprint density at radius 1 is 0.955 bits per heavy atom. The van der Waals surface area contributed by atoms with Gasteiger partial charge in [-0.15, -0.1) is 12.4 Å². The van der Waals surface area contributed by atoms with Crippen LogP contribution >= 0.6 is 12.4 Å². The molecule has 0 radical (unpaired) electrons. The van der Waals surface area contributed by atoms with Gasteiger partial charge in [-0.1, -0.05) is 42.5 Å². The number of rotatable bonds is 2. The van der Waals surface area contributed by atoms with E-state index in [-0.39, 0.29) is 18.4 Å². The minimum atomic E-state index is 0. The van der Waals surface area contributed by atoms with Gasteiger partial charge in [0.2, 0.25) is 0 Å². The van der Waals surface area contributed by atoms with Gasteiger partial charge in [-0.2, -0.15) is 0 Å². The summed E-state index contributed by atoms with van der Waals surface area (Å²) in [5, 5.41) is 0. The molecule has 2 aliphatic rings. The van der Waals surface area contributed by atoms with Gasteiger partial charge < -0.3 is 10.5 Å². The van der Waals surface area contributed by atoms with Crippen molar-refractivity contribution in [1.82, 2.24) is 0 Å². The summed E-state index contributed by atoms with van der Waals surface area (Å²) >= 11 is 0. The fourth-order valence-corrected chi connectivity index (χ4v) is 3.72. The number of nitrogens with two attached hydrogens (primary N) is 1. The Morgan fingerprint density at radius 3 is 2.50 bits per heavy atom. The number of fused-ring (bicyclic) bond motifs is 3. The van der Waals surface area contributed by atoms with Gasteiger partial charge in [-0.25, -0.2) is 0 Å². The van der Waals surface area contributed by atoms with E-state index in [2.05, 4.69) is 42.5 Å². The molecule has 0 bridgehead atoms. The predicted octanol–water partition coefficient (Wildman–Crippen LogP) is 4.11. The van der Waals surface area contributed by atoms with E-state index in [9.17, 15) is 0 Å². The summed E-state index contributed by atoms with van der Waals surface area (Å²) in [6.45, 7) is 1.71. The lowest BCUT2D eigenvalue weighted by Crippen LogP contribution is -2.27. The maximum Gasteiger partial charge on any atom is 0.0469 e. The lowest BCUT2D eigenvalue weighted by atomic mass is 9.86. The monoisotopic (exact) mass is 315 g/mol. The molecule has 0 saturated carbocycles. The van der Waals surface area contributed by atoms with E-state index in [1.807, 2.05) is 0 Å². The summed E-state index contributed by atoms with van der Waals surface area (Å²) in [6, 6.07) is 15.6. The molecule has 22 heavy (non-hydrogen) atoms. The number of halogens is 1. The van der Waals surface area contributed by atoms with E-state index in [4.69, 9.17) is 10.5 Å². The molecular weight excluding hydrogens is 294 g/mol. The quantitative estimate of drug-likeness (QED) is 0.772. The first-order valence-electron chi connectivity index (χ1n) is 7.87. The van der Waals surface area contributed by atoms with Crippen LogP contribution in [0, 0.1) is 5.92 Å². The molecule has 1 heterocycles. The normalized spacial score (nSPS) is 18.2. The van der Waals surface area contributed by atoms with Crippen molar-refractivity contribution in [2.24, 2.45) is 11.7 Å². The molecule has 0 aromatic heterocycles. The maximum absolute atomic E-state index is 6.51. The highest BCUT2D eigenvalue weighted by Crippen LogP contribution is 2.38. The molecule has 2 N–H and O–H groups in total. The van der Waals surface area contributed by atoms with Gasteiger partial charge in [0.05, 0.1) is 0 Å². The van der Waals surface area contributed by atoms with E-state index >= 15 is 0 Å². The third-order valence-electron chi connectivity index (χ3n) is 4.98. The molecule has 0 amide bonds. The molecule has 1 fully saturated rings. The topological polar surface area (TPSA) is 35.2 Å². The Hall–Kier alpha value is -1.35. The second-order valence-electron chi connectivity index (χ2n) is 6.23. The van der Waals surface area contributed by atoms with Gasteiger partial charge in [0, 0.05) is 19.3 Å². The Bertz CT molecular complexity index is 664. The first-order chi connectivity index (χ1) is 10.3. The molecule has 1 saturated heterocycles. The van der Waals surface area contributed by atoms with Crippen LogP contribution in [0.3, 0.4) is 0 Å². The van der Waals surface area contributed by atoms with Gasteiger partial charge in [0.15, 0.2) is 0 Å². The highest BCUT2D eigenvalue weighted by atomic mass is 35.5. The summed E-state index contributed by atoms with van der Waals surface area (Å²) in [4.78, 5) is 0. The van der Waals surface area contributed by atoms with Crippen molar-refractivity contribution in [2.75, 3.05) is 13.2 Å². The molecule has 2 nitrogen and oxygen atoms in total. The van der Waals surface area contributed by atoms with Gasteiger partial charge >= 0.3 is 0 Å². The minimum absolute atomic E-state index is 0. The van der Waals surface area contributed by atoms with Crippen LogP contribution in [0.4, 0.5) is 0 Å². The lowest BCUT2D eigenvalue weighted by molar-refractivity contribution is 0.0584. The fraction of sp³-hybridized carbons (Fsp3) is 0.368. The van der Waals surface area contributed by atoms with E-state index in [1.54, 1.807) is 0 Å². The van der Waals surface area contributed by atoms with Crippen molar-refractivity contribution in [1.29, 1.82) is 0 Å². The highest BCUT2D eigenvalue weighted by molar-refractivity contribution is 5.85. The van der Waals surface area contributed by atoms with Crippen molar-refractivity contribution < 1.29 is 4.74 Å². The third-order valence-corrected chi connectivity index (χ3v) is 4.98.